The van der Waals surface area contributed by atoms with Gasteiger partial charge in [0.15, 0.2) is 11.2 Å². The maximum atomic E-state index is 14.9. The Morgan fingerprint density at radius 2 is 1.71 bits per heavy atom. The fraction of sp³-hybridized carbons (Fsp3) is 0.321. The lowest BCUT2D eigenvalue weighted by atomic mass is 9.77. The molecule has 2 N–H and O–H groups in total. The summed E-state index contributed by atoms with van der Waals surface area (Å²) in [4.78, 5) is 26.2. The fourth-order valence-corrected chi connectivity index (χ4v) is 4.45. The van der Waals surface area contributed by atoms with Crippen LogP contribution < -0.4 is 15.4 Å². The number of carbonyl (C=O) groups excluding carboxylic acids is 2. The average Bonchev–Trinajstić information content (AvgIpc) is 3.34. The molecular formula is C28H26F6N4O3. The molecule has 2 amide bonds. The number of nitrogens with one attached hydrogen (secondary N) is 2. The molecule has 41 heavy (non-hydrogen) atoms. The Balaban J connectivity index is 1.70. The summed E-state index contributed by atoms with van der Waals surface area (Å²) >= 11 is 0. The van der Waals surface area contributed by atoms with Crippen molar-refractivity contribution in [2.75, 3.05) is 6.61 Å². The number of hydrogen-bond donors (Lipinski definition) is 2. The van der Waals surface area contributed by atoms with Crippen molar-refractivity contribution in [1.29, 1.82) is 0 Å². The lowest BCUT2D eigenvalue weighted by molar-refractivity contribution is -0.201. The zero-order chi connectivity index (χ0) is 30.0. The molecule has 4 rings (SSSR count). The van der Waals surface area contributed by atoms with Crippen LogP contribution in [0.4, 0.5) is 26.3 Å². The highest BCUT2D eigenvalue weighted by Gasteiger charge is 2.59. The van der Waals surface area contributed by atoms with Gasteiger partial charge < -0.3 is 15.4 Å². The molecule has 2 heterocycles. The maximum Gasteiger partial charge on any atom is 0.416 e. The van der Waals surface area contributed by atoms with Crippen LogP contribution in [0.5, 0.6) is 5.75 Å². The van der Waals surface area contributed by atoms with Crippen LogP contribution in [-0.4, -0.2) is 40.6 Å². The fourth-order valence-electron chi connectivity index (χ4n) is 4.45. The van der Waals surface area contributed by atoms with Gasteiger partial charge in [0, 0.05) is 26.1 Å². The molecule has 0 radical (unpaired) electrons. The monoisotopic (exact) mass is 580 g/mol. The number of carbonyl (C=O) groups is 2. The predicted molar refractivity (Wildman–Crippen MR) is 136 cm³/mol. The molecule has 1 aliphatic rings. The molecule has 0 saturated heterocycles. The van der Waals surface area contributed by atoms with Crippen LogP contribution in [0.15, 0.2) is 66.5 Å². The average molecular weight is 581 g/mol. The van der Waals surface area contributed by atoms with E-state index in [1.807, 2.05) is 0 Å². The molecule has 1 aromatic heterocycles. The first-order valence-electron chi connectivity index (χ1n) is 12.5. The van der Waals surface area contributed by atoms with E-state index in [9.17, 15) is 35.9 Å². The van der Waals surface area contributed by atoms with Crippen molar-refractivity contribution in [3.63, 3.8) is 0 Å². The van der Waals surface area contributed by atoms with E-state index in [0.29, 0.717) is 5.56 Å². The summed E-state index contributed by atoms with van der Waals surface area (Å²) in [6.45, 7) is 1.52. The molecule has 0 aliphatic carbocycles. The van der Waals surface area contributed by atoms with Gasteiger partial charge in [0.05, 0.1) is 6.61 Å². The lowest BCUT2D eigenvalue weighted by Gasteiger charge is -2.41. The van der Waals surface area contributed by atoms with E-state index in [4.69, 9.17) is 4.74 Å². The number of hydrogen-bond acceptors (Lipinski definition) is 4. The molecule has 1 atom stereocenters. The van der Waals surface area contributed by atoms with Crippen LogP contribution in [0.25, 0.3) is 5.57 Å². The maximum absolute atomic E-state index is 14.9. The molecule has 0 fully saturated rings. The normalized spacial score (nSPS) is 17.8. The van der Waals surface area contributed by atoms with Gasteiger partial charge in [-0.25, -0.2) is 0 Å². The Bertz CT molecular complexity index is 1440. The van der Waals surface area contributed by atoms with Gasteiger partial charge in [-0.3, -0.25) is 14.3 Å². The quantitative estimate of drug-likeness (QED) is 0.270. The standard InChI is InChI=1S/C28H26F6N4O3/c1-17-4-6-18(7-5-17)21-16-26(28(32,33)34,19-8-10-20(11-9-19)41-15-3-13-27(29,30)31)36-25(40)23(21)35-24(39)22-12-14-38(2)37-22/h4-12,14H,3,13,15-16H2,1-2H3,(H,35,39)(H,36,40). The third-order valence-corrected chi connectivity index (χ3v) is 6.59. The molecule has 7 nitrogen and oxygen atoms in total. The second-order valence-electron chi connectivity index (χ2n) is 9.67. The number of amides is 2. The lowest BCUT2D eigenvalue weighted by Crippen LogP contribution is -2.60. The molecule has 0 bridgehead atoms. The third-order valence-electron chi connectivity index (χ3n) is 6.59. The largest absolute Gasteiger partial charge is 0.494 e. The highest BCUT2D eigenvalue weighted by Crippen LogP contribution is 2.48. The van der Waals surface area contributed by atoms with Crippen molar-refractivity contribution in [1.82, 2.24) is 20.4 Å². The van der Waals surface area contributed by atoms with E-state index in [-0.39, 0.29) is 41.3 Å². The molecule has 0 spiro atoms. The highest BCUT2D eigenvalue weighted by atomic mass is 19.4. The van der Waals surface area contributed by atoms with Gasteiger partial charge in [-0.1, -0.05) is 42.0 Å². The van der Waals surface area contributed by atoms with Crippen LogP contribution in [0.3, 0.4) is 0 Å². The van der Waals surface area contributed by atoms with Crippen molar-refractivity contribution in [2.24, 2.45) is 7.05 Å². The molecule has 0 saturated carbocycles. The molecule has 1 unspecified atom stereocenters. The number of benzene rings is 2. The van der Waals surface area contributed by atoms with Gasteiger partial charge >= 0.3 is 12.4 Å². The summed E-state index contributed by atoms with van der Waals surface area (Å²) < 4.78 is 88.2. The summed E-state index contributed by atoms with van der Waals surface area (Å²) in [5.74, 6) is -1.85. The summed E-state index contributed by atoms with van der Waals surface area (Å²) in [7, 11) is 1.58. The molecular weight excluding hydrogens is 554 g/mol. The van der Waals surface area contributed by atoms with Crippen LogP contribution >= 0.6 is 0 Å². The van der Waals surface area contributed by atoms with Crippen molar-refractivity contribution in [3.05, 3.63) is 88.9 Å². The topological polar surface area (TPSA) is 85.2 Å². The number of ether oxygens (including phenoxy) is 1. The number of aryl methyl sites for hydroxylation is 2. The van der Waals surface area contributed by atoms with Crippen molar-refractivity contribution >= 4 is 17.4 Å². The van der Waals surface area contributed by atoms with Crippen LogP contribution in [0.2, 0.25) is 0 Å². The Labute approximate surface area is 231 Å². The first-order valence-corrected chi connectivity index (χ1v) is 12.5. The number of halogens is 6. The number of alkyl halides is 6. The number of rotatable bonds is 8. The first-order chi connectivity index (χ1) is 19.2. The van der Waals surface area contributed by atoms with E-state index in [1.165, 1.54) is 29.1 Å². The number of aromatic nitrogens is 2. The van der Waals surface area contributed by atoms with E-state index < -0.39 is 42.5 Å². The van der Waals surface area contributed by atoms with Gasteiger partial charge in [0.25, 0.3) is 11.8 Å². The van der Waals surface area contributed by atoms with E-state index in [2.05, 4.69) is 15.7 Å². The molecule has 13 heteroatoms. The Hall–Kier alpha value is -4.29. The Kier molecular flexibility index (Phi) is 8.18. The van der Waals surface area contributed by atoms with Crippen LogP contribution in [-0.2, 0) is 17.4 Å². The SMILES string of the molecule is Cc1ccc(C2=C(NC(=O)c3ccn(C)n3)C(=O)NC(c3ccc(OCCCC(F)(F)F)cc3)(C(F)(F)F)C2)cc1. The smallest absolute Gasteiger partial charge is 0.416 e. The van der Waals surface area contributed by atoms with E-state index in [1.54, 1.807) is 38.2 Å². The Morgan fingerprint density at radius 1 is 1.05 bits per heavy atom. The molecule has 218 valence electrons. The van der Waals surface area contributed by atoms with Crippen molar-refractivity contribution in [2.45, 2.75) is 44.1 Å². The van der Waals surface area contributed by atoms with E-state index in [0.717, 1.165) is 17.7 Å². The third kappa shape index (κ3) is 6.72. The van der Waals surface area contributed by atoms with Gasteiger partial charge in [0.1, 0.15) is 11.4 Å². The summed E-state index contributed by atoms with van der Waals surface area (Å²) in [6, 6.07) is 12.5. The first kappa shape index (κ1) is 29.7. The Morgan fingerprint density at radius 3 is 2.27 bits per heavy atom. The zero-order valence-electron chi connectivity index (χ0n) is 22.0. The van der Waals surface area contributed by atoms with Gasteiger partial charge in [-0.05, 0) is 48.2 Å². The van der Waals surface area contributed by atoms with Crippen molar-refractivity contribution in [3.8, 4) is 5.75 Å². The second kappa shape index (κ2) is 11.3. The van der Waals surface area contributed by atoms with E-state index >= 15 is 0 Å². The zero-order valence-corrected chi connectivity index (χ0v) is 22.0. The van der Waals surface area contributed by atoms with Gasteiger partial charge in [-0.2, -0.15) is 31.4 Å². The molecule has 1 aliphatic heterocycles. The van der Waals surface area contributed by atoms with Crippen LogP contribution in [0.1, 0.15) is 46.4 Å². The predicted octanol–water partition coefficient (Wildman–Crippen LogP) is 5.57. The second-order valence-corrected chi connectivity index (χ2v) is 9.67. The minimum absolute atomic E-state index is 0.0328. The highest BCUT2D eigenvalue weighted by molar-refractivity contribution is 6.08. The van der Waals surface area contributed by atoms with Gasteiger partial charge in [0.2, 0.25) is 0 Å². The molecule has 2 aromatic carbocycles. The van der Waals surface area contributed by atoms with Crippen LogP contribution in [0, 0.1) is 6.92 Å². The van der Waals surface area contributed by atoms with Gasteiger partial charge in [-0.15, -0.1) is 0 Å². The molecule has 3 aromatic rings. The summed E-state index contributed by atoms with van der Waals surface area (Å²) in [5.41, 5.74) is -2.47. The summed E-state index contributed by atoms with van der Waals surface area (Å²) in [6.07, 6.45) is -9.94. The minimum atomic E-state index is -4.98. The van der Waals surface area contributed by atoms with Crippen molar-refractivity contribution < 1.29 is 40.7 Å². The number of nitrogens with zero attached hydrogens (tertiary/aromatic N) is 2. The summed E-state index contributed by atoms with van der Waals surface area (Å²) in [5, 5.41) is 8.48. The minimum Gasteiger partial charge on any atom is -0.494 e.